The van der Waals surface area contributed by atoms with E-state index < -0.39 is 0 Å². The Kier molecular flexibility index (Phi) is 3.03. The van der Waals surface area contributed by atoms with Crippen LogP contribution in [0.25, 0.3) is 10.8 Å². The third-order valence-electron chi connectivity index (χ3n) is 3.47. The maximum atomic E-state index is 11.2. The lowest BCUT2D eigenvalue weighted by molar-refractivity contribution is -0.119. The highest BCUT2D eigenvalue weighted by molar-refractivity contribution is 5.92. The number of hydrogen-bond acceptors (Lipinski definition) is 4. The molecule has 1 aromatic carbocycles. The SMILES string of the molecule is Cc1nnc(NCC2CCC(=O)N2)c2ccccc12. The highest BCUT2D eigenvalue weighted by Gasteiger charge is 2.20. The Balaban J connectivity index is 1.81. The number of aryl methyl sites for hydroxylation is 1. The molecule has 0 saturated carbocycles. The fraction of sp³-hybridized carbons (Fsp3) is 0.357. The number of nitrogens with one attached hydrogen (secondary N) is 2. The molecule has 3 rings (SSSR count). The van der Waals surface area contributed by atoms with Crippen LogP contribution in [0.2, 0.25) is 0 Å². The van der Waals surface area contributed by atoms with E-state index in [-0.39, 0.29) is 11.9 Å². The molecule has 5 heteroatoms. The maximum Gasteiger partial charge on any atom is 0.220 e. The van der Waals surface area contributed by atoms with Gasteiger partial charge in [0.2, 0.25) is 5.91 Å². The maximum absolute atomic E-state index is 11.2. The molecule has 0 bridgehead atoms. The molecule has 0 radical (unpaired) electrons. The summed E-state index contributed by atoms with van der Waals surface area (Å²) in [5, 5.41) is 16.8. The van der Waals surface area contributed by atoms with E-state index in [9.17, 15) is 4.79 Å². The van der Waals surface area contributed by atoms with Crippen molar-refractivity contribution in [1.82, 2.24) is 15.5 Å². The molecule has 2 heterocycles. The smallest absolute Gasteiger partial charge is 0.220 e. The third kappa shape index (κ3) is 2.36. The van der Waals surface area contributed by atoms with E-state index in [1.54, 1.807) is 0 Å². The quantitative estimate of drug-likeness (QED) is 0.876. The van der Waals surface area contributed by atoms with Crippen molar-refractivity contribution in [3.05, 3.63) is 30.0 Å². The number of hydrogen-bond donors (Lipinski definition) is 2. The van der Waals surface area contributed by atoms with Crippen LogP contribution in [-0.4, -0.2) is 28.7 Å². The predicted octanol–water partition coefficient (Wildman–Crippen LogP) is 1.63. The van der Waals surface area contributed by atoms with Gasteiger partial charge in [0, 0.05) is 29.8 Å². The molecule has 1 aromatic heterocycles. The van der Waals surface area contributed by atoms with Crippen molar-refractivity contribution in [1.29, 1.82) is 0 Å². The Labute approximate surface area is 111 Å². The van der Waals surface area contributed by atoms with E-state index in [4.69, 9.17) is 0 Å². The molecule has 1 aliphatic rings. The minimum Gasteiger partial charge on any atom is -0.366 e. The van der Waals surface area contributed by atoms with Crippen molar-refractivity contribution in [2.75, 3.05) is 11.9 Å². The summed E-state index contributed by atoms with van der Waals surface area (Å²) in [6.45, 7) is 2.64. The Morgan fingerprint density at radius 1 is 1.32 bits per heavy atom. The molecule has 5 nitrogen and oxygen atoms in total. The fourth-order valence-corrected chi connectivity index (χ4v) is 2.42. The van der Waals surface area contributed by atoms with Crippen LogP contribution in [0.4, 0.5) is 5.82 Å². The Morgan fingerprint density at radius 2 is 2.11 bits per heavy atom. The zero-order chi connectivity index (χ0) is 13.2. The summed E-state index contributed by atoms with van der Waals surface area (Å²) in [7, 11) is 0. The zero-order valence-electron chi connectivity index (χ0n) is 10.8. The lowest BCUT2D eigenvalue weighted by atomic mass is 10.1. The molecule has 1 aliphatic heterocycles. The highest BCUT2D eigenvalue weighted by Crippen LogP contribution is 2.22. The number of carbonyl (C=O) groups is 1. The Morgan fingerprint density at radius 3 is 2.84 bits per heavy atom. The lowest BCUT2D eigenvalue weighted by Gasteiger charge is -2.13. The topological polar surface area (TPSA) is 66.9 Å². The molecule has 0 aliphatic carbocycles. The molecule has 1 amide bonds. The highest BCUT2D eigenvalue weighted by atomic mass is 16.1. The van der Waals surface area contributed by atoms with Crippen LogP contribution in [0.15, 0.2) is 24.3 Å². The number of rotatable bonds is 3. The number of carbonyl (C=O) groups excluding carboxylic acids is 1. The zero-order valence-corrected chi connectivity index (χ0v) is 10.8. The van der Waals surface area contributed by atoms with Crippen molar-refractivity contribution in [3.63, 3.8) is 0 Å². The van der Waals surface area contributed by atoms with Gasteiger partial charge in [0.25, 0.3) is 0 Å². The second-order valence-corrected chi connectivity index (χ2v) is 4.86. The second kappa shape index (κ2) is 4.84. The van der Waals surface area contributed by atoms with E-state index in [0.29, 0.717) is 13.0 Å². The van der Waals surface area contributed by atoms with E-state index in [0.717, 1.165) is 28.7 Å². The number of anilines is 1. The monoisotopic (exact) mass is 256 g/mol. The van der Waals surface area contributed by atoms with Crippen LogP contribution in [0, 0.1) is 6.92 Å². The molecular weight excluding hydrogens is 240 g/mol. The first kappa shape index (κ1) is 11.9. The molecule has 1 saturated heterocycles. The normalized spacial score (nSPS) is 18.6. The summed E-state index contributed by atoms with van der Waals surface area (Å²) in [4.78, 5) is 11.2. The van der Waals surface area contributed by atoms with Gasteiger partial charge >= 0.3 is 0 Å². The van der Waals surface area contributed by atoms with E-state index in [2.05, 4.69) is 20.8 Å². The van der Waals surface area contributed by atoms with E-state index >= 15 is 0 Å². The first-order valence-corrected chi connectivity index (χ1v) is 6.49. The van der Waals surface area contributed by atoms with Crippen LogP contribution >= 0.6 is 0 Å². The van der Waals surface area contributed by atoms with Crippen molar-refractivity contribution < 1.29 is 4.79 Å². The second-order valence-electron chi connectivity index (χ2n) is 4.86. The van der Waals surface area contributed by atoms with Gasteiger partial charge in [-0.05, 0) is 13.3 Å². The largest absolute Gasteiger partial charge is 0.366 e. The standard InChI is InChI=1S/C14H16N4O/c1-9-11-4-2-3-5-12(11)14(18-17-9)15-8-10-6-7-13(19)16-10/h2-5,10H,6-8H2,1H3,(H,15,18)(H,16,19). The molecular formula is C14H16N4O. The third-order valence-corrected chi connectivity index (χ3v) is 3.47. The molecule has 0 spiro atoms. The fourth-order valence-electron chi connectivity index (χ4n) is 2.42. The summed E-state index contributed by atoms with van der Waals surface area (Å²) >= 11 is 0. The predicted molar refractivity (Wildman–Crippen MR) is 73.9 cm³/mol. The molecule has 1 atom stereocenters. The number of nitrogens with zero attached hydrogens (tertiary/aromatic N) is 2. The van der Waals surface area contributed by atoms with Crippen LogP contribution in [-0.2, 0) is 4.79 Å². The van der Waals surface area contributed by atoms with Gasteiger partial charge in [-0.15, -0.1) is 5.10 Å². The van der Waals surface area contributed by atoms with E-state index in [1.807, 2.05) is 31.2 Å². The number of aromatic nitrogens is 2. The van der Waals surface area contributed by atoms with Gasteiger partial charge in [0.05, 0.1) is 5.69 Å². The average molecular weight is 256 g/mol. The van der Waals surface area contributed by atoms with Crippen LogP contribution in [0.3, 0.4) is 0 Å². The summed E-state index contributed by atoms with van der Waals surface area (Å²) in [6, 6.07) is 8.26. The minimum atomic E-state index is 0.131. The van der Waals surface area contributed by atoms with Gasteiger partial charge in [0.15, 0.2) is 5.82 Å². The van der Waals surface area contributed by atoms with E-state index in [1.165, 1.54) is 0 Å². The van der Waals surface area contributed by atoms with Crippen LogP contribution < -0.4 is 10.6 Å². The number of fused-ring (bicyclic) bond motifs is 1. The summed E-state index contributed by atoms with van der Waals surface area (Å²) < 4.78 is 0. The van der Waals surface area contributed by atoms with Crippen molar-refractivity contribution in [3.8, 4) is 0 Å². The Bertz CT molecular complexity index is 626. The van der Waals surface area contributed by atoms with Crippen molar-refractivity contribution >= 4 is 22.5 Å². The van der Waals surface area contributed by atoms with Gasteiger partial charge in [-0.1, -0.05) is 24.3 Å². The Hall–Kier alpha value is -2.17. The molecule has 98 valence electrons. The first-order chi connectivity index (χ1) is 9.24. The van der Waals surface area contributed by atoms with Crippen molar-refractivity contribution in [2.45, 2.75) is 25.8 Å². The summed E-state index contributed by atoms with van der Waals surface area (Å²) in [5.74, 6) is 0.911. The lowest BCUT2D eigenvalue weighted by Crippen LogP contribution is -2.32. The van der Waals surface area contributed by atoms with Crippen molar-refractivity contribution in [2.24, 2.45) is 0 Å². The van der Waals surface area contributed by atoms with Gasteiger partial charge in [0.1, 0.15) is 0 Å². The minimum absolute atomic E-state index is 0.131. The van der Waals surface area contributed by atoms with Gasteiger partial charge in [-0.2, -0.15) is 5.10 Å². The molecule has 1 fully saturated rings. The van der Waals surface area contributed by atoms with Gasteiger partial charge in [-0.25, -0.2) is 0 Å². The number of benzene rings is 1. The summed E-state index contributed by atoms with van der Waals surface area (Å²) in [6.07, 6.45) is 1.50. The molecule has 1 unspecified atom stereocenters. The molecule has 2 aromatic rings. The van der Waals surface area contributed by atoms with Gasteiger partial charge in [-0.3, -0.25) is 4.79 Å². The van der Waals surface area contributed by atoms with Gasteiger partial charge < -0.3 is 10.6 Å². The molecule has 2 N–H and O–H groups in total. The summed E-state index contributed by atoms with van der Waals surface area (Å²) in [5.41, 5.74) is 0.926. The first-order valence-electron chi connectivity index (χ1n) is 6.49. The van der Waals surface area contributed by atoms with Crippen LogP contribution in [0.5, 0.6) is 0 Å². The number of amides is 1. The van der Waals surface area contributed by atoms with Crippen LogP contribution in [0.1, 0.15) is 18.5 Å². The average Bonchev–Trinajstić information content (AvgIpc) is 2.84. The molecule has 19 heavy (non-hydrogen) atoms.